The predicted molar refractivity (Wildman–Crippen MR) is 120 cm³/mol. The van der Waals surface area contributed by atoms with Crippen molar-refractivity contribution in [1.82, 2.24) is 15.5 Å². The summed E-state index contributed by atoms with van der Waals surface area (Å²) >= 11 is 1.69. The van der Waals surface area contributed by atoms with Gasteiger partial charge in [0, 0.05) is 26.2 Å². The van der Waals surface area contributed by atoms with Crippen LogP contribution in [0.15, 0.2) is 46.1 Å². The van der Waals surface area contributed by atoms with Crippen LogP contribution in [-0.2, 0) is 24.4 Å². The molecule has 0 spiro atoms. The molecule has 4 N–H and O–H groups in total. The van der Waals surface area contributed by atoms with Gasteiger partial charge in [0.1, 0.15) is 0 Å². The third-order valence-electron chi connectivity index (χ3n) is 5.11. The summed E-state index contributed by atoms with van der Waals surface area (Å²) in [5.74, 6) is 0.630. The molecule has 156 valence electrons. The topological polar surface area (TPSA) is 82.8 Å². The molecule has 7 heteroatoms. The highest BCUT2D eigenvalue weighted by Crippen LogP contribution is 2.18. The zero-order valence-electron chi connectivity index (χ0n) is 17.1. The summed E-state index contributed by atoms with van der Waals surface area (Å²) in [6.07, 6.45) is 1.94. The highest BCUT2D eigenvalue weighted by molar-refractivity contribution is 7.07. The Morgan fingerprint density at radius 1 is 1.28 bits per heavy atom. The van der Waals surface area contributed by atoms with Gasteiger partial charge < -0.3 is 16.4 Å². The molecule has 1 aliphatic rings. The van der Waals surface area contributed by atoms with Crippen LogP contribution in [0.5, 0.6) is 0 Å². The van der Waals surface area contributed by atoms with Crippen LogP contribution >= 0.6 is 11.3 Å². The van der Waals surface area contributed by atoms with Gasteiger partial charge in [-0.2, -0.15) is 11.3 Å². The maximum Gasteiger partial charge on any atom is 0.221 e. The quantitative estimate of drug-likeness (QED) is 0.459. The summed E-state index contributed by atoms with van der Waals surface area (Å²) in [6.45, 7) is 6.92. The van der Waals surface area contributed by atoms with Gasteiger partial charge in [-0.15, -0.1) is 0 Å². The standard InChI is InChI=1S/C22H31N5OS/c1-2-24-22(26-13-19-8-10-29-16-19)25-12-17-5-3-6-18(11-17)14-27-9-4-7-20(15-27)21(23)28/h3,5-6,8,10-11,16,20H,2,4,7,9,12-15H2,1H3,(H2,23,28)(H2,24,25,26). The van der Waals surface area contributed by atoms with Gasteiger partial charge in [-0.05, 0) is 59.8 Å². The van der Waals surface area contributed by atoms with Crippen LogP contribution in [0.3, 0.4) is 0 Å². The molecule has 1 fully saturated rings. The van der Waals surface area contributed by atoms with E-state index in [4.69, 9.17) is 5.73 Å². The summed E-state index contributed by atoms with van der Waals surface area (Å²) in [5, 5.41) is 10.9. The normalized spacial score (nSPS) is 17.8. The van der Waals surface area contributed by atoms with Crippen molar-refractivity contribution in [2.75, 3.05) is 19.6 Å². The molecule has 0 bridgehead atoms. The number of hydrogen-bond acceptors (Lipinski definition) is 4. The highest BCUT2D eigenvalue weighted by Gasteiger charge is 2.23. The van der Waals surface area contributed by atoms with Crippen molar-refractivity contribution in [2.45, 2.75) is 39.4 Å². The number of rotatable bonds is 8. The minimum Gasteiger partial charge on any atom is -0.369 e. The minimum atomic E-state index is -0.176. The third kappa shape index (κ3) is 6.87. The predicted octanol–water partition coefficient (Wildman–Crippen LogP) is 2.70. The fourth-order valence-corrected chi connectivity index (χ4v) is 4.27. The largest absolute Gasteiger partial charge is 0.369 e. The van der Waals surface area contributed by atoms with Crippen LogP contribution < -0.4 is 16.4 Å². The number of amides is 1. The number of carbonyl (C=O) groups excluding carboxylic acids is 1. The molecule has 1 aromatic heterocycles. The molecule has 2 aromatic rings. The lowest BCUT2D eigenvalue weighted by Crippen LogP contribution is -2.40. The van der Waals surface area contributed by atoms with Crippen molar-refractivity contribution >= 4 is 23.2 Å². The number of aliphatic imine (C=N–C) groups is 1. The Labute approximate surface area is 177 Å². The van der Waals surface area contributed by atoms with Gasteiger partial charge in [0.2, 0.25) is 5.91 Å². The lowest BCUT2D eigenvalue weighted by molar-refractivity contribution is -0.123. The van der Waals surface area contributed by atoms with Gasteiger partial charge in [-0.3, -0.25) is 9.69 Å². The third-order valence-corrected chi connectivity index (χ3v) is 5.84. The lowest BCUT2D eigenvalue weighted by Gasteiger charge is -2.31. The van der Waals surface area contributed by atoms with E-state index in [9.17, 15) is 4.79 Å². The lowest BCUT2D eigenvalue weighted by atomic mass is 9.97. The molecule has 0 aliphatic carbocycles. The van der Waals surface area contributed by atoms with E-state index in [1.54, 1.807) is 11.3 Å². The van der Waals surface area contributed by atoms with E-state index in [2.05, 4.69) is 68.5 Å². The first kappa shape index (κ1) is 21.3. The fourth-order valence-electron chi connectivity index (χ4n) is 3.61. The van der Waals surface area contributed by atoms with E-state index in [0.717, 1.165) is 45.0 Å². The number of primary amides is 1. The zero-order chi connectivity index (χ0) is 20.5. The second kappa shape index (κ2) is 11.0. The van der Waals surface area contributed by atoms with Crippen molar-refractivity contribution in [1.29, 1.82) is 0 Å². The average Bonchev–Trinajstić information content (AvgIpc) is 3.24. The first-order valence-electron chi connectivity index (χ1n) is 10.3. The minimum absolute atomic E-state index is 0.0179. The number of guanidine groups is 1. The van der Waals surface area contributed by atoms with Crippen molar-refractivity contribution < 1.29 is 4.79 Å². The van der Waals surface area contributed by atoms with Crippen molar-refractivity contribution in [3.8, 4) is 0 Å². The van der Waals surface area contributed by atoms with Crippen molar-refractivity contribution in [3.05, 3.63) is 57.8 Å². The second-order valence-electron chi connectivity index (χ2n) is 7.48. The number of carbonyl (C=O) groups is 1. The van der Waals surface area contributed by atoms with Gasteiger partial charge in [-0.1, -0.05) is 24.3 Å². The molecule has 1 amide bonds. The molecule has 2 heterocycles. The molecule has 1 unspecified atom stereocenters. The van der Waals surface area contributed by atoms with Crippen LogP contribution in [0.25, 0.3) is 0 Å². The molecule has 6 nitrogen and oxygen atoms in total. The van der Waals surface area contributed by atoms with E-state index >= 15 is 0 Å². The Balaban J connectivity index is 1.55. The average molecular weight is 414 g/mol. The highest BCUT2D eigenvalue weighted by atomic mass is 32.1. The summed E-state index contributed by atoms with van der Waals surface area (Å²) in [7, 11) is 0. The number of nitrogens with two attached hydrogens (primary N) is 1. The Hall–Kier alpha value is -2.38. The fraction of sp³-hybridized carbons (Fsp3) is 0.455. The van der Waals surface area contributed by atoms with Crippen molar-refractivity contribution in [2.24, 2.45) is 16.6 Å². The van der Waals surface area contributed by atoms with Crippen molar-refractivity contribution in [3.63, 3.8) is 0 Å². The van der Waals surface area contributed by atoms with Gasteiger partial charge in [0.25, 0.3) is 0 Å². The Kier molecular flexibility index (Phi) is 8.07. The van der Waals surface area contributed by atoms with Gasteiger partial charge in [-0.25, -0.2) is 4.99 Å². The molecule has 1 aliphatic heterocycles. The maximum absolute atomic E-state index is 11.5. The van der Waals surface area contributed by atoms with Crippen LogP contribution in [0.2, 0.25) is 0 Å². The summed E-state index contributed by atoms with van der Waals surface area (Å²) in [6, 6.07) is 10.7. The Morgan fingerprint density at radius 2 is 2.14 bits per heavy atom. The first-order valence-corrected chi connectivity index (χ1v) is 11.2. The molecule has 1 atom stereocenters. The van der Waals surface area contributed by atoms with Gasteiger partial charge in [0.15, 0.2) is 5.96 Å². The van der Waals surface area contributed by atoms with E-state index in [0.29, 0.717) is 13.1 Å². The van der Waals surface area contributed by atoms with E-state index < -0.39 is 0 Å². The number of hydrogen-bond donors (Lipinski definition) is 3. The second-order valence-corrected chi connectivity index (χ2v) is 8.26. The van der Waals surface area contributed by atoms with Gasteiger partial charge in [0.05, 0.1) is 12.5 Å². The molecular formula is C22H31N5OS. The number of likely N-dealkylation sites (tertiary alicyclic amines) is 1. The van der Waals surface area contributed by atoms with E-state index in [1.165, 1.54) is 16.7 Å². The molecule has 3 rings (SSSR count). The van der Waals surface area contributed by atoms with E-state index in [-0.39, 0.29) is 11.8 Å². The summed E-state index contributed by atoms with van der Waals surface area (Å²) < 4.78 is 0. The Bertz CT molecular complexity index is 805. The van der Waals surface area contributed by atoms with Crippen LogP contribution in [-0.4, -0.2) is 36.4 Å². The van der Waals surface area contributed by atoms with Crippen LogP contribution in [0.4, 0.5) is 0 Å². The van der Waals surface area contributed by atoms with Crippen LogP contribution in [0, 0.1) is 5.92 Å². The molecule has 1 aromatic carbocycles. The molecule has 0 radical (unpaired) electrons. The smallest absolute Gasteiger partial charge is 0.221 e. The number of piperidine rings is 1. The van der Waals surface area contributed by atoms with E-state index in [1.807, 2.05) is 0 Å². The molecule has 0 saturated carbocycles. The summed E-state index contributed by atoms with van der Waals surface area (Å²) in [5.41, 5.74) is 9.21. The van der Waals surface area contributed by atoms with Crippen LogP contribution in [0.1, 0.15) is 36.5 Å². The SMILES string of the molecule is CCNC(=NCc1ccsc1)NCc1cccc(CN2CCCC(C(N)=O)C2)c1. The monoisotopic (exact) mass is 413 g/mol. The number of benzene rings is 1. The Morgan fingerprint density at radius 3 is 2.90 bits per heavy atom. The molecular weight excluding hydrogens is 382 g/mol. The number of nitrogens with one attached hydrogen (secondary N) is 2. The summed E-state index contributed by atoms with van der Waals surface area (Å²) in [4.78, 5) is 18.5. The zero-order valence-corrected chi connectivity index (χ0v) is 17.9. The number of nitrogens with zero attached hydrogens (tertiary/aromatic N) is 2. The maximum atomic E-state index is 11.5. The number of thiophene rings is 1. The van der Waals surface area contributed by atoms with Gasteiger partial charge >= 0.3 is 0 Å². The molecule has 29 heavy (non-hydrogen) atoms. The first-order chi connectivity index (χ1) is 14.1. The molecule has 1 saturated heterocycles.